The molecule has 1 atom stereocenters. The number of cyclic esters (lactones) is 1. The van der Waals surface area contributed by atoms with Crippen LogP contribution >= 0.6 is 0 Å². The number of ether oxygens (including phenoxy) is 1. The van der Waals surface area contributed by atoms with Crippen molar-refractivity contribution in [2.45, 2.75) is 6.04 Å². The minimum atomic E-state index is -1.52. The Balaban J connectivity index is 1.76. The summed E-state index contributed by atoms with van der Waals surface area (Å²) in [6, 6.07) is 12.5. The summed E-state index contributed by atoms with van der Waals surface area (Å²) in [5.74, 6) is -2.32. The SMILES string of the molecule is CNC(=O)C(C(=O)NO)N(C)C(=O)c1ccc(-c2ccc(N3CCOC3=O)cc2)cc1. The molecule has 10 heteroatoms. The Morgan fingerprint density at radius 1 is 1.03 bits per heavy atom. The van der Waals surface area contributed by atoms with Crippen molar-refractivity contribution in [3.63, 3.8) is 0 Å². The van der Waals surface area contributed by atoms with Crippen LogP contribution in [-0.2, 0) is 14.3 Å². The molecule has 0 aliphatic carbocycles. The van der Waals surface area contributed by atoms with Crippen LogP contribution in [0.1, 0.15) is 10.4 Å². The van der Waals surface area contributed by atoms with Crippen LogP contribution in [0.2, 0.25) is 0 Å². The molecule has 0 saturated carbocycles. The lowest BCUT2D eigenvalue weighted by Gasteiger charge is -2.25. The van der Waals surface area contributed by atoms with Crippen molar-refractivity contribution in [2.24, 2.45) is 0 Å². The Labute approximate surface area is 178 Å². The standard InChI is InChI=1S/C21H22N4O6/c1-22-18(26)17(19(27)23-30)24(2)20(28)15-5-3-13(4-6-15)14-7-9-16(10-8-14)25-11-12-31-21(25)29/h3-10,17,30H,11-12H2,1-2H3,(H,22,26)(H,23,27). The molecule has 10 nitrogen and oxygen atoms in total. The highest BCUT2D eigenvalue weighted by Gasteiger charge is 2.33. The molecule has 0 spiro atoms. The first-order valence-corrected chi connectivity index (χ1v) is 9.45. The van der Waals surface area contributed by atoms with Gasteiger partial charge in [-0.05, 0) is 35.4 Å². The molecule has 1 heterocycles. The molecule has 31 heavy (non-hydrogen) atoms. The van der Waals surface area contributed by atoms with E-state index in [0.29, 0.717) is 13.2 Å². The molecule has 3 N–H and O–H groups in total. The smallest absolute Gasteiger partial charge is 0.414 e. The van der Waals surface area contributed by atoms with E-state index in [4.69, 9.17) is 9.94 Å². The summed E-state index contributed by atoms with van der Waals surface area (Å²) in [5.41, 5.74) is 4.12. The lowest BCUT2D eigenvalue weighted by Crippen LogP contribution is -2.54. The molecule has 1 aliphatic rings. The number of rotatable bonds is 6. The second kappa shape index (κ2) is 9.26. The van der Waals surface area contributed by atoms with Gasteiger partial charge in [-0.25, -0.2) is 10.3 Å². The van der Waals surface area contributed by atoms with Crippen LogP contribution in [0, 0.1) is 0 Å². The van der Waals surface area contributed by atoms with Gasteiger partial charge in [-0.15, -0.1) is 0 Å². The van der Waals surface area contributed by atoms with Crippen LogP contribution in [0.25, 0.3) is 11.1 Å². The van der Waals surface area contributed by atoms with Gasteiger partial charge in [0.2, 0.25) is 0 Å². The number of benzene rings is 2. The zero-order valence-corrected chi connectivity index (χ0v) is 17.0. The predicted molar refractivity (Wildman–Crippen MR) is 110 cm³/mol. The van der Waals surface area contributed by atoms with Crippen LogP contribution in [0.5, 0.6) is 0 Å². The number of amides is 4. The van der Waals surface area contributed by atoms with Crippen LogP contribution in [0.3, 0.4) is 0 Å². The van der Waals surface area contributed by atoms with Crippen molar-refractivity contribution in [1.29, 1.82) is 0 Å². The Hall–Kier alpha value is -3.92. The van der Waals surface area contributed by atoms with Gasteiger partial charge in [0.25, 0.3) is 17.7 Å². The fourth-order valence-corrected chi connectivity index (χ4v) is 3.26. The highest BCUT2D eigenvalue weighted by atomic mass is 16.6. The van der Waals surface area contributed by atoms with E-state index < -0.39 is 23.8 Å². The first-order chi connectivity index (χ1) is 14.9. The zero-order chi connectivity index (χ0) is 22.5. The van der Waals surface area contributed by atoms with Gasteiger partial charge in [-0.3, -0.25) is 24.5 Å². The second-order valence-corrected chi connectivity index (χ2v) is 6.80. The maximum Gasteiger partial charge on any atom is 0.414 e. The Morgan fingerprint density at radius 3 is 2.10 bits per heavy atom. The van der Waals surface area contributed by atoms with Gasteiger partial charge in [0.15, 0.2) is 6.04 Å². The van der Waals surface area contributed by atoms with Crippen molar-refractivity contribution >= 4 is 29.5 Å². The quantitative estimate of drug-likeness (QED) is 0.359. The van der Waals surface area contributed by atoms with Crippen LogP contribution < -0.4 is 15.7 Å². The molecule has 3 rings (SSSR count). The van der Waals surface area contributed by atoms with Gasteiger partial charge in [0, 0.05) is 25.3 Å². The number of anilines is 1. The number of hydrogen-bond donors (Lipinski definition) is 3. The fourth-order valence-electron chi connectivity index (χ4n) is 3.26. The summed E-state index contributed by atoms with van der Waals surface area (Å²) < 4.78 is 4.94. The van der Waals surface area contributed by atoms with Gasteiger partial charge in [-0.1, -0.05) is 24.3 Å². The Bertz CT molecular complexity index is 974. The summed E-state index contributed by atoms with van der Waals surface area (Å²) in [6.07, 6.45) is -0.371. The number of nitrogens with one attached hydrogen (secondary N) is 2. The zero-order valence-electron chi connectivity index (χ0n) is 17.0. The average Bonchev–Trinajstić information content (AvgIpc) is 3.24. The van der Waals surface area contributed by atoms with E-state index in [1.807, 2.05) is 24.3 Å². The van der Waals surface area contributed by atoms with Crippen LogP contribution in [-0.4, -0.2) is 67.2 Å². The number of likely N-dealkylation sites (N-methyl/N-ethyl adjacent to an activating group) is 2. The Kier molecular flexibility index (Phi) is 6.51. The third-order valence-electron chi connectivity index (χ3n) is 4.97. The summed E-state index contributed by atoms with van der Waals surface area (Å²) in [4.78, 5) is 50.7. The van der Waals surface area contributed by atoms with Gasteiger partial charge in [0.05, 0.1) is 6.54 Å². The molecule has 162 valence electrons. The minimum Gasteiger partial charge on any atom is -0.447 e. The summed E-state index contributed by atoms with van der Waals surface area (Å²) in [7, 11) is 2.62. The molecule has 1 saturated heterocycles. The summed E-state index contributed by atoms with van der Waals surface area (Å²) in [6.45, 7) is 0.874. The largest absolute Gasteiger partial charge is 0.447 e. The predicted octanol–water partition coefficient (Wildman–Crippen LogP) is 1.00. The van der Waals surface area contributed by atoms with E-state index in [1.54, 1.807) is 29.2 Å². The molecule has 0 aromatic heterocycles. The van der Waals surface area contributed by atoms with Crippen molar-refractivity contribution < 1.29 is 29.1 Å². The number of hydrogen-bond acceptors (Lipinski definition) is 6. The van der Waals surface area contributed by atoms with Crippen LogP contribution in [0.15, 0.2) is 48.5 Å². The van der Waals surface area contributed by atoms with E-state index in [2.05, 4.69) is 5.32 Å². The maximum atomic E-state index is 12.7. The summed E-state index contributed by atoms with van der Waals surface area (Å²) in [5, 5.41) is 11.2. The minimum absolute atomic E-state index is 0.266. The lowest BCUT2D eigenvalue weighted by atomic mass is 10.0. The van der Waals surface area contributed by atoms with E-state index in [-0.39, 0.29) is 11.7 Å². The monoisotopic (exact) mass is 426 g/mol. The van der Waals surface area contributed by atoms with Crippen LogP contribution in [0.4, 0.5) is 10.5 Å². The van der Waals surface area contributed by atoms with E-state index in [0.717, 1.165) is 21.7 Å². The third kappa shape index (κ3) is 4.48. The first-order valence-electron chi connectivity index (χ1n) is 9.45. The van der Waals surface area contributed by atoms with E-state index >= 15 is 0 Å². The molecule has 4 amide bonds. The topological polar surface area (TPSA) is 128 Å². The normalized spacial score (nSPS) is 13.9. The lowest BCUT2D eigenvalue weighted by molar-refractivity contribution is -0.140. The van der Waals surface area contributed by atoms with Crippen molar-refractivity contribution in [2.75, 3.05) is 32.1 Å². The molecule has 2 aromatic carbocycles. The highest BCUT2D eigenvalue weighted by Crippen LogP contribution is 2.25. The van der Waals surface area contributed by atoms with Crippen molar-refractivity contribution in [3.8, 4) is 11.1 Å². The molecule has 1 unspecified atom stereocenters. The molecule has 0 bridgehead atoms. The van der Waals surface area contributed by atoms with Crippen molar-refractivity contribution in [3.05, 3.63) is 54.1 Å². The second-order valence-electron chi connectivity index (χ2n) is 6.80. The Morgan fingerprint density at radius 2 is 1.61 bits per heavy atom. The van der Waals surface area contributed by atoms with Gasteiger partial charge < -0.3 is 15.0 Å². The molecule has 0 radical (unpaired) electrons. The number of carbonyl (C=O) groups is 4. The maximum absolute atomic E-state index is 12.7. The van der Waals surface area contributed by atoms with Gasteiger partial charge in [0.1, 0.15) is 6.61 Å². The molecule has 1 aliphatic heterocycles. The molecule has 1 fully saturated rings. The van der Waals surface area contributed by atoms with E-state index in [9.17, 15) is 19.2 Å². The molecular formula is C21H22N4O6. The highest BCUT2D eigenvalue weighted by molar-refractivity contribution is 6.08. The van der Waals surface area contributed by atoms with Gasteiger partial charge >= 0.3 is 6.09 Å². The number of hydroxylamine groups is 1. The van der Waals surface area contributed by atoms with Gasteiger partial charge in [-0.2, -0.15) is 0 Å². The average molecular weight is 426 g/mol. The first kappa shape index (κ1) is 21.8. The summed E-state index contributed by atoms with van der Waals surface area (Å²) >= 11 is 0. The van der Waals surface area contributed by atoms with E-state index in [1.165, 1.54) is 19.6 Å². The van der Waals surface area contributed by atoms with Crippen molar-refractivity contribution in [1.82, 2.24) is 15.7 Å². The molecule has 2 aromatic rings. The molecular weight excluding hydrogens is 404 g/mol. The third-order valence-corrected chi connectivity index (χ3v) is 4.97. The number of carbonyl (C=O) groups excluding carboxylic acids is 4. The fraction of sp³-hybridized carbons (Fsp3) is 0.238. The number of nitrogens with zero attached hydrogens (tertiary/aromatic N) is 2.